The summed E-state index contributed by atoms with van der Waals surface area (Å²) in [5.74, 6) is 5.26. The van der Waals surface area contributed by atoms with Crippen molar-refractivity contribution in [2.75, 3.05) is 10.7 Å². The maximum absolute atomic E-state index is 12.3. The van der Waals surface area contributed by atoms with Gasteiger partial charge in [-0.05, 0) is 13.0 Å². The fourth-order valence-corrected chi connectivity index (χ4v) is 1.94. The normalized spacial score (nSPS) is 10.2. The number of nitrogens with zero attached hydrogens (tertiary/aromatic N) is 3. The predicted molar refractivity (Wildman–Crippen MR) is 76.8 cm³/mol. The molecule has 0 saturated carbocycles. The molecule has 0 atom stereocenters. The third-order valence-electron chi connectivity index (χ3n) is 2.87. The van der Waals surface area contributed by atoms with Crippen LogP contribution in [0.4, 0.5) is 17.2 Å². The van der Waals surface area contributed by atoms with Crippen LogP contribution in [0.1, 0.15) is 16.1 Å². The second kappa shape index (κ2) is 5.59. The second-order valence-electron chi connectivity index (χ2n) is 4.35. The molecule has 1 amide bonds. The van der Waals surface area contributed by atoms with Gasteiger partial charge in [-0.3, -0.25) is 25.4 Å². The first-order valence-electron chi connectivity index (χ1n) is 6.00. The van der Waals surface area contributed by atoms with E-state index in [-0.39, 0.29) is 16.9 Å². The fraction of sp³-hybridized carbons (Fsp3) is 0.167. The van der Waals surface area contributed by atoms with Crippen LogP contribution in [0, 0.1) is 17.0 Å². The number of amides is 1. The summed E-state index contributed by atoms with van der Waals surface area (Å²) >= 11 is 0. The van der Waals surface area contributed by atoms with E-state index in [0.717, 1.165) is 5.69 Å². The van der Waals surface area contributed by atoms with Crippen LogP contribution >= 0.6 is 0 Å². The molecular weight excluding hydrogens is 276 g/mol. The van der Waals surface area contributed by atoms with Gasteiger partial charge in [-0.25, -0.2) is 0 Å². The highest BCUT2D eigenvalue weighted by Gasteiger charge is 2.21. The quantitative estimate of drug-likeness (QED) is 0.440. The van der Waals surface area contributed by atoms with Crippen LogP contribution in [0.15, 0.2) is 24.3 Å². The van der Waals surface area contributed by atoms with Crippen LogP contribution in [-0.4, -0.2) is 20.6 Å². The summed E-state index contributed by atoms with van der Waals surface area (Å²) in [5.41, 5.74) is 2.71. The molecule has 9 heteroatoms. The van der Waals surface area contributed by atoms with Crippen molar-refractivity contribution in [2.45, 2.75) is 6.92 Å². The maximum Gasteiger partial charge on any atom is 0.294 e. The molecular formula is C12H14N6O3. The third-order valence-corrected chi connectivity index (χ3v) is 2.87. The third kappa shape index (κ3) is 2.82. The van der Waals surface area contributed by atoms with Crippen molar-refractivity contribution in [3.63, 3.8) is 0 Å². The lowest BCUT2D eigenvalue weighted by Crippen LogP contribution is -2.19. The van der Waals surface area contributed by atoms with Crippen molar-refractivity contribution in [1.29, 1.82) is 0 Å². The number of carbonyl (C=O) groups is 1. The number of nitrogens with two attached hydrogens (primary N) is 1. The summed E-state index contributed by atoms with van der Waals surface area (Å²) in [5, 5.41) is 17.7. The van der Waals surface area contributed by atoms with E-state index in [0.29, 0.717) is 5.82 Å². The van der Waals surface area contributed by atoms with E-state index < -0.39 is 10.8 Å². The molecule has 0 aliphatic carbocycles. The summed E-state index contributed by atoms with van der Waals surface area (Å²) < 4.78 is 1.50. The van der Waals surface area contributed by atoms with Gasteiger partial charge in [-0.2, -0.15) is 5.10 Å². The lowest BCUT2D eigenvalue weighted by molar-refractivity contribution is -0.384. The van der Waals surface area contributed by atoms with Crippen LogP contribution in [0.3, 0.4) is 0 Å². The highest BCUT2D eigenvalue weighted by Crippen LogP contribution is 2.27. The average molecular weight is 290 g/mol. The number of aryl methyl sites for hydroxylation is 2. The highest BCUT2D eigenvalue weighted by molar-refractivity contribution is 6.08. The Bertz CT molecular complexity index is 709. The molecule has 4 N–H and O–H groups in total. The molecule has 0 spiro atoms. The lowest BCUT2D eigenvalue weighted by atomic mass is 10.1. The van der Waals surface area contributed by atoms with Gasteiger partial charge in [0.2, 0.25) is 0 Å². The molecule has 1 aromatic heterocycles. The van der Waals surface area contributed by atoms with E-state index in [9.17, 15) is 14.9 Å². The largest absolute Gasteiger partial charge is 0.318 e. The minimum atomic E-state index is -0.611. The van der Waals surface area contributed by atoms with Gasteiger partial charge in [0, 0.05) is 19.2 Å². The fourth-order valence-electron chi connectivity index (χ4n) is 1.94. The number of nitro benzene ring substituents is 1. The standard InChI is InChI=1S/C12H14N6O3/c1-7-6-10(17(2)16-7)14-12(19)8-4-3-5-9(18(20)21)11(8)15-13/h3-6,15H,13H2,1-2H3,(H,14,19). The van der Waals surface area contributed by atoms with Gasteiger partial charge in [0.15, 0.2) is 0 Å². The van der Waals surface area contributed by atoms with Gasteiger partial charge in [0.25, 0.3) is 11.6 Å². The Morgan fingerprint density at radius 3 is 2.71 bits per heavy atom. The Hall–Kier alpha value is -2.94. The lowest BCUT2D eigenvalue weighted by Gasteiger charge is -2.09. The second-order valence-corrected chi connectivity index (χ2v) is 4.35. The summed E-state index contributed by atoms with van der Waals surface area (Å²) in [4.78, 5) is 22.6. The van der Waals surface area contributed by atoms with Gasteiger partial charge < -0.3 is 10.7 Å². The molecule has 2 rings (SSSR count). The molecule has 0 unspecified atom stereocenters. The number of hydrogen-bond donors (Lipinski definition) is 3. The summed E-state index contributed by atoms with van der Waals surface area (Å²) in [7, 11) is 1.68. The molecule has 0 aliphatic rings. The first-order valence-corrected chi connectivity index (χ1v) is 6.00. The molecule has 9 nitrogen and oxygen atoms in total. The molecule has 1 aromatic carbocycles. The van der Waals surface area contributed by atoms with Gasteiger partial charge >= 0.3 is 0 Å². The van der Waals surface area contributed by atoms with Gasteiger partial charge in [0.05, 0.1) is 16.2 Å². The zero-order valence-electron chi connectivity index (χ0n) is 11.5. The Kier molecular flexibility index (Phi) is 3.85. The smallest absolute Gasteiger partial charge is 0.294 e. The number of hydrazine groups is 1. The van der Waals surface area contributed by atoms with Gasteiger partial charge in [-0.1, -0.05) is 6.07 Å². The molecule has 110 valence electrons. The summed E-state index contributed by atoms with van der Waals surface area (Å²) in [6, 6.07) is 5.81. The van der Waals surface area contributed by atoms with Gasteiger partial charge in [-0.15, -0.1) is 0 Å². The first-order chi connectivity index (χ1) is 9.93. The molecule has 0 aliphatic heterocycles. The van der Waals surface area contributed by atoms with E-state index in [4.69, 9.17) is 5.84 Å². The monoisotopic (exact) mass is 290 g/mol. The highest BCUT2D eigenvalue weighted by atomic mass is 16.6. The van der Waals surface area contributed by atoms with E-state index in [2.05, 4.69) is 15.8 Å². The number of nitrogens with one attached hydrogen (secondary N) is 2. The van der Waals surface area contributed by atoms with Gasteiger partial charge in [0.1, 0.15) is 11.5 Å². The number of hydrogen-bond acceptors (Lipinski definition) is 6. The van der Waals surface area contributed by atoms with Crippen LogP contribution in [0.5, 0.6) is 0 Å². The van der Waals surface area contributed by atoms with Crippen molar-refractivity contribution >= 4 is 23.1 Å². The molecule has 0 saturated heterocycles. The van der Waals surface area contributed by atoms with Crippen molar-refractivity contribution < 1.29 is 9.72 Å². The van der Waals surface area contributed by atoms with Crippen molar-refractivity contribution in [1.82, 2.24) is 9.78 Å². The van der Waals surface area contributed by atoms with Crippen LogP contribution in [-0.2, 0) is 7.05 Å². The number of nitro groups is 1. The average Bonchev–Trinajstić information content (AvgIpc) is 2.75. The minimum absolute atomic E-state index is 0.0427. The zero-order chi connectivity index (χ0) is 15.6. The zero-order valence-corrected chi connectivity index (χ0v) is 11.5. The minimum Gasteiger partial charge on any atom is -0.318 e. The topological polar surface area (TPSA) is 128 Å². The number of nitrogen functional groups attached to an aromatic ring is 1. The van der Waals surface area contributed by atoms with Crippen LogP contribution in [0.25, 0.3) is 0 Å². The SMILES string of the molecule is Cc1cc(NC(=O)c2cccc([N+](=O)[O-])c2NN)n(C)n1. The molecule has 0 fully saturated rings. The van der Waals surface area contributed by atoms with Crippen LogP contribution in [0.2, 0.25) is 0 Å². The number of rotatable bonds is 4. The molecule has 0 radical (unpaired) electrons. The molecule has 1 heterocycles. The number of para-hydroxylation sites is 1. The van der Waals surface area contributed by atoms with Crippen LogP contribution < -0.4 is 16.6 Å². The maximum atomic E-state index is 12.3. The summed E-state index contributed by atoms with van der Waals surface area (Å²) in [6.45, 7) is 1.79. The summed E-state index contributed by atoms with van der Waals surface area (Å²) in [6.07, 6.45) is 0. The van der Waals surface area contributed by atoms with E-state index in [1.54, 1.807) is 20.0 Å². The Morgan fingerprint density at radius 2 is 2.19 bits per heavy atom. The van der Waals surface area contributed by atoms with E-state index in [1.165, 1.54) is 22.9 Å². The Morgan fingerprint density at radius 1 is 1.48 bits per heavy atom. The van der Waals surface area contributed by atoms with Crippen molar-refractivity contribution in [3.05, 3.63) is 45.6 Å². The molecule has 21 heavy (non-hydrogen) atoms. The predicted octanol–water partition coefficient (Wildman–Crippen LogP) is 1.17. The molecule has 2 aromatic rings. The van der Waals surface area contributed by atoms with E-state index >= 15 is 0 Å². The first kappa shape index (κ1) is 14.5. The number of benzene rings is 1. The van der Waals surface area contributed by atoms with Crippen molar-refractivity contribution in [2.24, 2.45) is 12.9 Å². The van der Waals surface area contributed by atoms with E-state index in [1.807, 2.05) is 0 Å². The Balaban J connectivity index is 2.37. The molecule has 0 bridgehead atoms. The number of aromatic nitrogens is 2. The van der Waals surface area contributed by atoms with Crippen molar-refractivity contribution in [3.8, 4) is 0 Å². The number of anilines is 2. The Labute approximate surface area is 119 Å². The number of carbonyl (C=O) groups excluding carboxylic acids is 1.